The van der Waals surface area contributed by atoms with Crippen molar-refractivity contribution in [1.29, 1.82) is 0 Å². The maximum Gasteiger partial charge on any atom is 0.313 e. The molecule has 1 aromatic rings. The van der Waals surface area contributed by atoms with Gasteiger partial charge in [0.2, 0.25) is 0 Å². The molecule has 0 aliphatic rings. The maximum atomic E-state index is 10.4. The Bertz CT molecular complexity index is 347. The van der Waals surface area contributed by atoms with Crippen LogP contribution >= 0.6 is 0 Å². The number of nitrogens with zero attached hydrogens (tertiary/aromatic N) is 2. The van der Waals surface area contributed by atoms with Crippen molar-refractivity contribution in [2.75, 3.05) is 6.61 Å². The van der Waals surface area contributed by atoms with Gasteiger partial charge in [0.05, 0.1) is 12.9 Å². The van der Waals surface area contributed by atoms with E-state index in [4.69, 9.17) is 0 Å². The first-order chi connectivity index (χ1) is 8.10. The molecule has 1 rings (SSSR count). The molecule has 1 aromatic heterocycles. The van der Waals surface area contributed by atoms with E-state index >= 15 is 0 Å². The molecule has 2 N–H and O–H groups in total. The van der Waals surface area contributed by atoms with Crippen LogP contribution in [0.2, 0.25) is 0 Å². The number of carbonyl (C=O) groups is 2. The standard InChI is InChI=1S/C6H8N2.C6H10O3.H2O/c1-2-4-8-5-3-7-6-8;1-3-9-6(8)4-5(2)7;/h2-3,5-6H,1,4H2;3-4H2,1-2H3;1H2. The lowest BCUT2D eigenvalue weighted by molar-refractivity contribution is -0.145. The van der Waals surface area contributed by atoms with Crippen molar-refractivity contribution in [3.05, 3.63) is 31.4 Å². The summed E-state index contributed by atoms with van der Waals surface area (Å²) in [6.45, 7) is 7.84. The van der Waals surface area contributed by atoms with Gasteiger partial charge < -0.3 is 14.8 Å². The number of ketones is 1. The molecule has 6 heteroatoms. The minimum atomic E-state index is -0.440. The van der Waals surface area contributed by atoms with Gasteiger partial charge in [-0.15, -0.1) is 6.58 Å². The van der Waals surface area contributed by atoms with Crippen molar-refractivity contribution in [1.82, 2.24) is 9.55 Å². The third-order valence-corrected chi connectivity index (χ3v) is 1.60. The molecule has 1 heterocycles. The van der Waals surface area contributed by atoms with Gasteiger partial charge in [0.15, 0.2) is 0 Å². The van der Waals surface area contributed by atoms with Crippen molar-refractivity contribution >= 4 is 11.8 Å². The first-order valence-electron chi connectivity index (χ1n) is 5.31. The quantitative estimate of drug-likeness (QED) is 0.442. The number of aromatic nitrogens is 2. The average molecular weight is 256 g/mol. The first-order valence-corrected chi connectivity index (χ1v) is 5.31. The molecule has 0 aromatic carbocycles. The summed E-state index contributed by atoms with van der Waals surface area (Å²) >= 11 is 0. The fourth-order valence-electron chi connectivity index (χ4n) is 0.959. The van der Waals surface area contributed by atoms with Crippen LogP contribution in [0.4, 0.5) is 0 Å². The fourth-order valence-corrected chi connectivity index (χ4v) is 0.959. The number of hydrogen-bond donors (Lipinski definition) is 0. The number of allylic oxidation sites excluding steroid dienone is 1. The van der Waals surface area contributed by atoms with E-state index in [1.807, 2.05) is 16.8 Å². The highest BCUT2D eigenvalue weighted by atomic mass is 16.5. The Hall–Kier alpha value is -1.95. The number of carbonyl (C=O) groups excluding carboxylic acids is 2. The molecule has 0 bridgehead atoms. The van der Waals surface area contributed by atoms with Crippen LogP contribution in [-0.2, 0) is 20.9 Å². The topological polar surface area (TPSA) is 92.7 Å². The van der Waals surface area contributed by atoms with Crippen LogP contribution in [0.5, 0.6) is 0 Å². The SMILES string of the molecule is C=CCn1ccnc1.CCOC(=O)CC(C)=O.O. The van der Waals surface area contributed by atoms with Gasteiger partial charge in [-0.25, -0.2) is 4.98 Å². The van der Waals surface area contributed by atoms with Crippen molar-refractivity contribution in [3.8, 4) is 0 Å². The molecule has 0 spiro atoms. The zero-order valence-electron chi connectivity index (χ0n) is 10.8. The molecule has 0 fully saturated rings. The van der Waals surface area contributed by atoms with Gasteiger partial charge in [-0.2, -0.15) is 0 Å². The van der Waals surface area contributed by atoms with Crippen LogP contribution in [0.15, 0.2) is 31.4 Å². The molecule has 0 aliphatic heterocycles. The Morgan fingerprint density at radius 2 is 2.17 bits per heavy atom. The molecule has 0 radical (unpaired) electrons. The Balaban J connectivity index is 0. The van der Waals surface area contributed by atoms with Gasteiger partial charge in [0.1, 0.15) is 12.2 Å². The van der Waals surface area contributed by atoms with E-state index in [-0.39, 0.29) is 17.7 Å². The zero-order chi connectivity index (χ0) is 13.1. The second kappa shape index (κ2) is 11.5. The highest BCUT2D eigenvalue weighted by molar-refractivity contribution is 5.94. The normalized spacial score (nSPS) is 8.33. The van der Waals surface area contributed by atoms with Gasteiger partial charge in [-0.3, -0.25) is 9.59 Å². The van der Waals surface area contributed by atoms with Crippen LogP contribution in [0.3, 0.4) is 0 Å². The summed E-state index contributed by atoms with van der Waals surface area (Å²) in [5.74, 6) is -0.599. The van der Waals surface area contributed by atoms with Gasteiger partial charge in [0, 0.05) is 18.9 Å². The molecule has 0 aliphatic carbocycles. The Morgan fingerprint density at radius 3 is 2.56 bits per heavy atom. The molecule has 0 saturated heterocycles. The van der Waals surface area contributed by atoms with Crippen molar-refractivity contribution in [2.24, 2.45) is 0 Å². The predicted octanol–water partition coefficient (Wildman–Crippen LogP) is 0.773. The lowest BCUT2D eigenvalue weighted by Crippen LogP contribution is -2.07. The van der Waals surface area contributed by atoms with E-state index in [1.165, 1.54) is 6.92 Å². The second-order valence-corrected chi connectivity index (χ2v) is 3.23. The third-order valence-electron chi connectivity index (χ3n) is 1.60. The van der Waals surface area contributed by atoms with Gasteiger partial charge in [-0.05, 0) is 13.8 Å². The maximum absolute atomic E-state index is 10.4. The van der Waals surface area contributed by atoms with Crippen LogP contribution in [0, 0.1) is 0 Å². The summed E-state index contributed by atoms with van der Waals surface area (Å²) in [5.41, 5.74) is 0. The molecule has 6 nitrogen and oxygen atoms in total. The zero-order valence-corrected chi connectivity index (χ0v) is 10.8. The second-order valence-electron chi connectivity index (χ2n) is 3.23. The highest BCUT2D eigenvalue weighted by Crippen LogP contribution is 1.86. The molecular weight excluding hydrogens is 236 g/mol. The Morgan fingerprint density at radius 1 is 1.50 bits per heavy atom. The van der Waals surface area contributed by atoms with Gasteiger partial charge >= 0.3 is 5.97 Å². The van der Waals surface area contributed by atoms with Crippen molar-refractivity contribution in [3.63, 3.8) is 0 Å². The number of rotatable bonds is 5. The van der Waals surface area contributed by atoms with E-state index < -0.39 is 5.97 Å². The summed E-state index contributed by atoms with van der Waals surface area (Å²) in [4.78, 5) is 24.5. The Labute approximate surface area is 107 Å². The summed E-state index contributed by atoms with van der Waals surface area (Å²) in [5, 5.41) is 0. The number of ether oxygens (including phenoxy) is 1. The van der Waals surface area contributed by atoms with Crippen molar-refractivity contribution < 1.29 is 19.8 Å². The van der Waals surface area contributed by atoms with Crippen LogP contribution < -0.4 is 0 Å². The largest absolute Gasteiger partial charge is 0.466 e. The number of hydrogen-bond acceptors (Lipinski definition) is 4. The number of esters is 1. The lowest BCUT2D eigenvalue weighted by atomic mass is 10.3. The smallest absolute Gasteiger partial charge is 0.313 e. The third kappa shape index (κ3) is 10.6. The summed E-state index contributed by atoms with van der Waals surface area (Å²) < 4.78 is 6.44. The molecular formula is C12H20N2O4. The number of Topliss-reactive ketones (excluding diaryl/α,β-unsaturated/α-hetero) is 1. The van der Waals surface area contributed by atoms with Gasteiger partial charge in [0.25, 0.3) is 0 Å². The summed E-state index contributed by atoms with van der Waals surface area (Å²) in [6, 6.07) is 0. The Kier molecular flexibility index (Phi) is 11.8. The van der Waals surface area contributed by atoms with Crippen LogP contribution in [0.25, 0.3) is 0 Å². The minimum Gasteiger partial charge on any atom is -0.466 e. The van der Waals surface area contributed by atoms with Crippen LogP contribution in [0.1, 0.15) is 20.3 Å². The monoisotopic (exact) mass is 256 g/mol. The van der Waals surface area contributed by atoms with E-state index in [9.17, 15) is 9.59 Å². The van der Waals surface area contributed by atoms with Crippen molar-refractivity contribution in [2.45, 2.75) is 26.8 Å². The van der Waals surface area contributed by atoms with E-state index in [2.05, 4.69) is 16.3 Å². The predicted molar refractivity (Wildman–Crippen MR) is 68.0 cm³/mol. The van der Waals surface area contributed by atoms with E-state index in [1.54, 1.807) is 19.4 Å². The van der Waals surface area contributed by atoms with Gasteiger partial charge in [-0.1, -0.05) is 6.08 Å². The fraction of sp³-hybridized carbons (Fsp3) is 0.417. The molecule has 0 unspecified atom stereocenters. The summed E-state index contributed by atoms with van der Waals surface area (Å²) in [6.07, 6.45) is 7.16. The molecule has 0 atom stereocenters. The molecule has 102 valence electrons. The first kappa shape index (κ1) is 18.4. The average Bonchev–Trinajstić information content (AvgIpc) is 2.71. The molecule has 0 saturated carbocycles. The van der Waals surface area contributed by atoms with E-state index in [0.717, 1.165) is 6.54 Å². The van der Waals surface area contributed by atoms with E-state index in [0.29, 0.717) is 6.61 Å². The molecule has 0 amide bonds. The minimum absolute atomic E-state index is 0. The van der Waals surface area contributed by atoms with Crippen LogP contribution in [-0.4, -0.2) is 33.4 Å². The number of imidazole rings is 1. The lowest BCUT2D eigenvalue weighted by Gasteiger charge is -1.96. The summed E-state index contributed by atoms with van der Waals surface area (Å²) in [7, 11) is 0. The molecule has 18 heavy (non-hydrogen) atoms. The highest BCUT2D eigenvalue weighted by Gasteiger charge is 2.03.